The van der Waals surface area contributed by atoms with Gasteiger partial charge in [0, 0.05) is 22.3 Å². The number of nitrogens with zero attached hydrogens (tertiary/aromatic N) is 1. The van der Waals surface area contributed by atoms with Crippen LogP contribution in [-0.2, 0) is 35.4 Å². The Morgan fingerprint density at radius 3 is 1.60 bits per heavy atom. The molecule has 14 heteroatoms. The summed E-state index contributed by atoms with van der Waals surface area (Å²) in [7, 11) is 0. The summed E-state index contributed by atoms with van der Waals surface area (Å²) in [5, 5.41) is 14.2. The Hall–Kier alpha value is -3.46. The van der Waals surface area contributed by atoms with E-state index in [4.69, 9.17) is 31.3 Å². The normalized spacial score (nSPS) is 12.0. The highest BCUT2D eigenvalue weighted by Gasteiger charge is 2.38. The predicted octanol–water partition coefficient (Wildman–Crippen LogP) is 7.08. The van der Waals surface area contributed by atoms with Crippen LogP contribution in [0.5, 0.6) is 0 Å². The Kier molecular flexibility index (Phi) is 19.6. The van der Waals surface area contributed by atoms with Crippen LogP contribution in [0.15, 0.2) is 72.8 Å². The topological polar surface area (TPSA) is 130 Å². The maximum Gasteiger partial charge on any atom is 0.490 e. The van der Waals surface area contributed by atoms with Crippen molar-refractivity contribution in [2.75, 3.05) is 19.6 Å². The molecule has 0 saturated heterocycles. The van der Waals surface area contributed by atoms with E-state index < -0.39 is 24.3 Å². The molecule has 3 aromatic rings. The van der Waals surface area contributed by atoms with Gasteiger partial charge in [0.2, 0.25) is 0 Å². The molecule has 2 aromatic carbocycles. The fourth-order valence-electron chi connectivity index (χ4n) is 4.25. The van der Waals surface area contributed by atoms with E-state index in [-0.39, 0.29) is 6.04 Å². The van der Waals surface area contributed by atoms with Gasteiger partial charge in [-0.1, -0.05) is 60.7 Å². The maximum absolute atomic E-state index is 10.6. The first-order valence-corrected chi connectivity index (χ1v) is 15.9. The molecule has 0 radical (unpaired) electrons. The van der Waals surface area contributed by atoms with Gasteiger partial charge in [-0.15, -0.1) is 11.3 Å². The summed E-state index contributed by atoms with van der Waals surface area (Å²) < 4.78 is 63.5. The second-order valence-corrected chi connectivity index (χ2v) is 11.9. The number of hydrogen-bond donors (Lipinski definition) is 4. The number of alkyl halides is 6. The molecule has 0 amide bonds. The second-order valence-electron chi connectivity index (χ2n) is 10.7. The lowest BCUT2D eigenvalue weighted by molar-refractivity contribution is -0.193. The fraction of sp³-hybridized carbons (Fsp3) is 0.455. The number of carbonyl (C=O) groups is 2. The quantitative estimate of drug-likeness (QED) is 0.0933. The van der Waals surface area contributed by atoms with Gasteiger partial charge in [-0.3, -0.25) is 4.90 Å². The number of carboxylic acids is 2. The van der Waals surface area contributed by atoms with Crippen LogP contribution in [0.2, 0.25) is 0 Å². The van der Waals surface area contributed by atoms with E-state index in [2.05, 4.69) is 77.7 Å². The number of aliphatic carboxylic acids is 2. The summed E-state index contributed by atoms with van der Waals surface area (Å²) in [5.41, 5.74) is 14.8. The van der Waals surface area contributed by atoms with Crippen LogP contribution in [-0.4, -0.2) is 65.1 Å². The first kappa shape index (κ1) is 41.6. The van der Waals surface area contributed by atoms with Crippen LogP contribution < -0.4 is 11.5 Å². The zero-order chi connectivity index (χ0) is 35.3. The van der Waals surface area contributed by atoms with Crippen LogP contribution in [0.1, 0.15) is 53.0 Å². The highest BCUT2D eigenvalue weighted by atomic mass is 32.1. The minimum Gasteiger partial charge on any atom is -0.475 e. The lowest BCUT2D eigenvalue weighted by Crippen LogP contribution is -2.32. The summed E-state index contributed by atoms with van der Waals surface area (Å²) in [6.45, 7) is 3.98. The number of halogens is 6. The third-order valence-electron chi connectivity index (χ3n) is 6.63. The van der Waals surface area contributed by atoms with Gasteiger partial charge >= 0.3 is 24.3 Å². The van der Waals surface area contributed by atoms with Crippen molar-refractivity contribution in [1.29, 1.82) is 0 Å². The minimum absolute atomic E-state index is 0.203. The van der Waals surface area contributed by atoms with E-state index in [1.54, 1.807) is 0 Å². The first-order valence-electron chi connectivity index (χ1n) is 15.1. The average molecular weight is 692 g/mol. The van der Waals surface area contributed by atoms with E-state index in [1.807, 2.05) is 11.3 Å². The van der Waals surface area contributed by atoms with Crippen LogP contribution in [0.4, 0.5) is 26.3 Å². The molecule has 0 aliphatic rings. The van der Waals surface area contributed by atoms with Gasteiger partial charge in [0.15, 0.2) is 0 Å². The molecule has 3 rings (SSSR count). The van der Waals surface area contributed by atoms with E-state index in [9.17, 15) is 26.3 Å². The Bertz CT molecular complexity index is 1250. The Morgan fingerprint density at radius 2 is 1.15 bits per heavy atom. The molecule has 0 unspecified atom stereocenters. The molecular weight excluding hydrogens is 648 g/mol. The van der Waals surface area contributed by atoms with Crippen molar-refractivity contribution >= 4 is 23.3 Å². The highest BCUT2D eigenvalue weighted by molar-refractivity contribution is 7.11. The van der Waals surface area contributed by atoms with Crippen molar-refractivity contribution < 1.29 is 46.1 Å². The zero-order valence-electron chi connectivity index (χ0n) is 26.0. The smallest absolute Gasteiger partial charge is 0.475 e. The molecule has 0 saturated carbocycles. The van der Waals surface area contributed by atoms with Gasteiger partial charge in [-0.05, 0) is 94.3 Å². The molecule has 1 aromatic heterocycles. The Labute approximate surface area is 275 Å². The van der Waals surface area contributed by atoms with Gasteiger partial charge in [0.05, 0.1) is 0 Å². The van der Waals surface area contributed by atoms with E-state index in [0.717, 1.165) is 45.4 Å². The molecule has 0 bridgehead atoms. The molecule has 0 aliphatic heterocycles. The van der Waals surface area contributed by atoms with Gasteiger partial charge in [0.25, 0.3) is 0 Å². The molecule has 47 heavy (non-hydrogen) atoms. The summed E-state index contributed by atoms with van der Waals surface area (Å²) in [4.78, 5) is 23.4. The predicted molar refractivity (Wildman–Crippen MR) is 171 cm³/mol. The highest BCUT2D eigenvalue weighted by Crippen LogP contribution is 2.21. The third kappa shape index (κ3) is 20.4. The molecule has 0 aliphatic carbocycles. The van der Waals surface area contributed by atoms with Crippen molar-refractivity contribution in [3.05, 3.63) is 93.7 Å². The second kappa shape index (κ2) is 22.2. The molecule has 1 heterocycles. The van der Waals surface area contributed by atoms with Crippen molar-refractivity contribution in [3.63, 3.8) is 0 Å². The number of thiophene rings is 1. The van der Waals surface area contributed by atoms with E-state index in [1.165, 1.54) is 53.0 Å². The number of aryl methyl sites for hydroxylation is 2. The van der Waals surface area contributed by atoms with Crippen LogP contribution in [0, 0.1) is 0 Å². The standard InChI is InChI=1S/C29H41N3S.2C2HF3O2/c30-20-9-7-15-28-17-18-29(33-28)16-8-10-21-32(24-26-13-5-2-6-14-26)22-19-27(31)23-25-11-3-1-4-12-25;2*3-2(4,5)1(6)7/h1-6,11-14,17-18,27H,7-10,15-16,19-24,30-31H2;2*(H,6,7)/t27-;;/m1../s1. The van der Waals surface area contributed by atoms with Crippen molar-refractivity contribution in [1.82, 2.24) is 4.90 Å². The molecule has 262 valence electrons. The van der Waals surface area contributed by atoms with Gasteiger partial charge in [0.1, 0.15) is 0 Å². The zero-order valence-corrected chi connectivity index (χ0v) is 26.8. The molecule has 0 spiro atoms. The van der Waals surface area contributed by atoms with Crippen molar-refractivity contribution in [2.24, 2.45) is 11.5 Å². The summed E-state index contributed by atoms with van der Waals surface area (Å²) in [6.07, 6.45) is -1.03. The number of carboxylic acid groups (broad SMARTS) is 2. The summed E-state index contributed by atoms with van der Waals surface area (Å²) >= 11 is 1.99. The molecular formula is C33H43F6N3O4S. The Morgan fingerprint density at radius 1 is 0.702 bits per heavy atom. The molecule has 7 nitrogen and oxygen atoms in total. The Balaban J connectivity index is 0.000000658. The van der Waals surface area contributed by atoms with Crippen LogP contribution in [0.3, 0.4) is 0 Å². The lowest BCUT2D eigenvalue weighted by Gasteiger charge is -2.24. The van der Waals surface area contributed by atoms with Crippen molar-refractivity contribution in [2.45, 2.75) is 76.3 Å². The maximum atomic E-state index is 10.6. The molecule has 1 atom stereocenters. The number of nitrogens with two attached hydrogens (primary N) is 2. The lowest BCUT2D eigenvalue weighted by atomic mass is 10.0. The van der Waals surface area contributed by atoms with Crippen LogP contribution in [0.25, 0.3) is 0 Å². The summed E-state index contributed by atoms with van der Waals surface area (Å²) in [6, 6.07) is 26.3. The molecule has 6 N–H and O–H groups in total. The monoisotopic (exact) mass is 691 g/mol. The van der Waals surface area contributed by atoms with E-state index in [0.29, 0.717) is 0 Å². The first-order chi connectivity index (χ1) is 22.1. The molecule has 0 fully saturated rings. The number of hydrogen-bond acceptors (Lipinski definition) is 6. The minimum atomic E-state index is -5.08. The third-order valence-corrected chi connectivity index (χ3v) is 7.84. The van der Waals surface area contributed by atoms with Gasteiger partial charge < -0.3 is 21.7 Å². The van der Waals surface area contributed by atoms with Crippen molar-refractivity contribution in [3.8, 4) is 0 Å². The number of unbranched alkanes of at least 4 members (excludes halogenated alkanes) is 2. The average Bonchev–Trinajstić information content (AvgIpc) is 3.46. The van der Waals surface area contributed by atoms with E-state index >= 15 is 0 Å². The number of rotatable bonds is 16. The van der Waals surface area contributed by atoms with Gasteiger partial charge in [-0.2, -0.15) is 26.3 Å². The SMILES string of the molecule is NCCCCc1ccc(CCCCN(CC[C@@H](N)Cc2ccccc2)Cc2ccccc2)s1.O=C(O)C(F)(F)F.O=C(O)C(F)(F)F. The van der Waals surface area contributed by atoms with Gasteiger partial charge in [-0.25, -0.2) is 9.59 Å². The largest absolute Gasteiger partial charge is 0.490 e. The number of benzene rings is 2. The summed E-state index contributed by atoms with van der Waals surface area (Å²) in [5.74, 6) is -5.51. The van der Waals surface area contributed by atoms with Crippen LogP contribution >= 0.6 is 11.3 Å². The fourth-order valence-corrected chi connectivity index (χ4v) is 5.35.